The van der Waals surface area contributed by atoms with Gasteiger partial charge in [-0.1, -0.05) is 63.9 Å². The second-order valence-electron chi connectivity index (χ2n) is 16.8. The molecule has 5 N–H and O–H groups in total. The van der Waals surface area contributed by atoms with Crippen molar-refractivity contribution < 1.29 is 53.1 Å². The Balaban J connectivity index is 1.44. The van der Waals surface area contributed by atoms with Gasteiger partial charge in [0.05, 0.1) is 29.8 Å². The van der Waals surface area contributed by atoms with E-state index in [4.69, 9.17) is 24.7 Å². The molecule has 3 aliphatic carbocycles. The molecular weight excluding hydrogens is 698 g/mol. The zero-order valence-corrected chi connectivity index (χ0v) is 32.7. The number of nitrogens with one attached hydrogen (secondary N) is 1. The van der Waals surface area contributed by atoms with Crippen LogP contribution in [0.2, 0.25) is 0 Å². The highest BCUT2D eigenvalue weighted by atomic mass is 16.6. The van der Waals surface area contributed by atoms with Crippen LogP contribution in [0.5, 0.6) is 0 Å². The lowest BCUT2D eigenvalue weighted by molar-refractivity contribution is -0.329. The summed E-state index contributed by atoms with van der Waals surface area (Å²) in [6.07, 6.45) is -2.24. The SMILES string of the molecule is CNCCCCCCN(C)C(=O)OC(C(=O)OC1CC2(O)CC3C4(OC(C)=O)COC4CC(O)C3(C)C(=O)C(=O)C(C1C)C2(C)C)C(N)c1ccccc1. The summed E-state index contributed by atoms with van der Waals surface area (Å²) < 4.78 is 23.6. The maximum atomic E-state index is 14.5. The Morgan fingerprint density at radius 1 is 1.07 bits per heavy atom. The molecule has 2 bridgehead atoms. The molecule has 300 valence electrons. The third kappa shape index (κ3) is 7.32. The molecule has 1 aromatic carbocycles. The van der Waals surface area contributed by atoms with Crippen molar-refractivity contribution in [2.45, 2.75) is 121 Å². The molecule has 1 heterocycles. The van der Waals surface area contributed by atoms with E-state index in [2.05, 4.69) is 5.32 Å². The molecule has 1 amide bonds. The summed E-state index contributed by atoms with van der Waals surface area (Å²) in [7, 11) is 3.48. The Morgan fingerprint density at radius 2 is 1.74 bits per heavy atom. The molecule has 4 fully saturated rings. The van der Waals surface area contributed by atoms with E-state index in [1.165, 1.54) is 18.7 Å². The van der Waals surface area contributed by atoms with Gasteiger partial charge in [-0.05, 0) is 45.3 Å². The summed E-state index contributed by atoms with van der Waals surface area (Å²) in [4.78, 5) is 70.4. The van der Waals surface area contributed by atoms with Crippen LogP contribution in [0, 0.1) is 28.6 Å². The number of carbonyl (C=O) groups is 5. The zero-order chi connectivity index (χ0) is 39.8. The average molecular weight is 758 g/mol. The Bertz CT molecular complexity index is 1570. The predicted octanol–water partition coefficient (Wildman–Crippen LogP) is 2.86. The van der Waals surface area contributed by atoms with E-state index in [0.717, 1.165) is 32.2 Å². The lowest BCUT2D eigenvalue weighted by atomic mass is 9.43. The van der Waals surface area contributed by atoms with Crippen molar-refractivity contribution >= 4 is 29.6 Å². The highest BCUT2D eigenvalue weighted by Gasteiger charge is 2.75. The van der Waals surface area contributed by atoms with E-state index in [9.17, 15) is 34.2 Å². The first-order valence-corrected chi connectivity index (χ1v) is 19.2. The topological polar surface area (TPSA) is 204 Å². The number of aliphatic hydroxyl groups excluding tert-OH is 1. The summed E-state index contributed by atoms with van der Waals surface area (Å²) in [6.45, 7) is 9.08. The highest BCUT2D eigenvalue weighted by Crippen LogP contribution is 2.63. The van der Waals surface area contributed by atoms with Crippen molar-refractivity contribution in [3.05, 3.63) is 35.9 Å². The van der Waals surface area contributed by atoms with E-state index >= 15 is 0 Å². The van der Waals surface area contributed by atoms with Crippen molar-refractivity contribution in [1.29, 1.82) is 0 Å². The summed E-state index contributed by atoms with van der Waals surface area (Å²) in [6, 6.07) is 7.56. The third-order valence-electron chi connectivity index (χ3n) is 13.2. The molecule has 0 radical (unpaired) electrons. The van der Waals surface area contributed by atoms with Crippen molar-refractivity contribution in [3.63, 3.8) is 0 Å². The zero-order valence-electron chi connectivity index (χ0n) is 32.7. The number of unbranched alkanes of at least 4 members (excludes halogenated alkanes) is 3. The van der Waals surface area contributed by atoms with E-state index in [1.807, 2.05) is 7.05 Å². The third-order valence-corrected chi connectivity index (χ3v) is 13.2. The number of ether oxygens (including phenoxy) is 4. The fraction of sp³-hybridized carbons (Fsp3) is 0.725. The minimum Gasteiger partial charge on any atom is -0.459 e. The number of benzene rings is 1. The van der Waals surface area contributed by atoms with Crippen molar-refractivity contribution in [2.75, 3.05) is 33.8 Å². The number of hydrogen-bond acceptors (Lipinski definition) is 13. The first-order valence-electron chi connectivity index (χ1n) is 19.2. The van der Waals surface area contributed by atoms with Gasteiger partial charge in [0.15, 0.2) is 5.60 Å². The fourth-order valence-electron chi connectivity index (χ4n) is 9.65. The molecule has 11 atom stereocenters. The van der Waals surface area contributed by atoms with Gasteiger partial charge in [0.25, 0.3) is 0 Å². The standard InChI is InChI=1S/C40H59N3O11/c1-23-26(52-35(48)33(31(41)25-15-11-10-12-16-25)53-36(49)43(7)18-14-9-8-13-17-42-6)20-39(50)21-27-38(5,34(47)32(46)30(23)37(39,3)4)28(45)19-29-40(27,22-51-29)54-24(2)44/h10-12,15-16,23,26-31,33,42,45,50H,8-9,13-14,17-22,41H2,1-7H3. The normalized spacial score (nSPS) is 35.1. The van der Waals surface area contributed by atoms with E-state index in [0.29, 0.717) is 12.1 Å². The molecule has 4 aliphatic rings. The van der Waals surface area contributed by atoms with Crippen LogP contribution in [-0.2, 0) is 38.1 Å². The molecule has 3 saturated carbocycles. The molecule has 0 aromatic heterocycles. The minimum absolute atomic E-state index is 0.0325. The summed E-state index contributed by atoms with van der Waals surface area (Å²) in [5.74, 6) is -6.16. The van der Waals surface area contributed by atoms with Gasteiger partial charge < -0.3 is 45.1 Å². The van der Waals surface area contributed by atoms with Gasteiger partial charge in [-0.25, -0.2) is 9.59 Å². The number of rotatable bonds is 13. The monoisotopic (exact) mass is 757 g/mol. The van der Waals surface area contributed by atoms with E-state index in [-0.39, 0.29) is 25.9 Å². The second kappa shape index (κ2) is 16.0. The molecule has 0 spiro atoms. The smallest absolute Gasteiger partial charge is 0.410 e. The number of esters is 2. The maximum absolute atomic E-state index is 14.5. The maximum Gasteiger partial charge on any atom is 0.410 e. The van der Waals surface area contributed by atoms with Crippen LogP contribution in [0.4, 0.5) is 4.79 Å². The number of nitrogens with zero attached hydrogens (tertiary/aromatic N) is 1. The molecule has 54 heavy (non-hydrogen) atoms. The van der Waals surface area contributed by atoms with Gasteiger partial charge in [-0.2, -0.15) is 0 Å². The Kier molecular flexibility index (Phi) is 12.3. The number of amides is 1. The van der Waals surface area contributed by atoms with Crippen molar-refractivity contribution in [1.82, 2.24) is 10.2 Å². The minimum atomic E-state index is -1.77. The summed E-state index contributed by atoms with van der Waals surface area (Å²) in [5.41, 5.74) is 1.05. The molecule has 5 rings (SSSR count). The van der Waals surface area contributed by atoms with Crippen LogP contribution < -0.4 is 11.1 Å². The van der Waals surface area contributed by atoms with Crippen LogP contribution in [0.15, 0.2) is 30.3 Å². The molecule has 1 aliphatic heterocycles. The van der Waals surface area contributed by atoms with Gasteiger partial charge in [-0.15, -0.1) is 0 Å². The molecule has 14 nitrogen and oxygen atoms in total. The number of hydrogen-bond donors (Lipinski definition) is 4. The van der Waals surface area contributed by atoms with E-state index in [1.54, 1.807) is 58.2 Å². The first-order chi connectivity index (χ1) is 25.4. The lowest BCUT2D eigenvalue weighted by Gasteiger charge is -2.66. The van der Waals surface area contributed by atoms with Gasteiger partial charge in [0, 0.05) is 56.5 Å². The second-order valence-corrected chi connectivity index (χ2v) is 16.8. The number of ketones is 2. The Hall–Kier alpha value is -3.43. The molecule has 1 saturated heterocycles. The van der Waals surface area contributed by atoms with E-state index < -0.39 is 99.8 Å². The largest absolute Gasteiger partial charge is 0.459 e. The number of aliphatic hydroxyl groups is 2. The van der Waals surface area contributed by atoms with Gasteiger partial charge in [0.1, 0.15) is 12.2 Å². The number of Topliss-reactive ketones (excluding diaryl/α,β-unsaturated/α-hetero) is 2. The van der Waals surface area contributed by atoms with Crippen molar-refractivity contribution in [3.8, 4) is 0 Å². The predicted molar refractivity (Wildman–Crippen MR) is 196 cm³/mol. The Labute approximate surface area is 317 Å². The van der Waals surface area contributed by atoms with Crippen LogP contribution in [0.3, 0.4) is 0 Å². The molecular formula is C40H59N3O11. The number of fused-ring (bicyclic) bond motifs is 5. The van der Waals surface area contributed by atoms with Crippen LogP contribution >= 0.6 is 0 Å². The number of carbonyl (C=O) groups excluding carboxylic acids is 5. The van der Waals surface area contributed by atoms with Crippen LogP contribution in [0.1, 0.15) is 91.2 Å². The van der Waals surface area contributed by atoms with Crippen LogP contribution in [-0.4, -0.2) is 114 Å². The Morgan fingerprint density at radius 3 is 2.35 bits per heavy atom. The molecule has 11 unspecified atom stereocenters. The highest BCUT2D eigenvalue weighted by molar-refractivity contribution is 6.40. The first kappa shape index (κ1) is 41.7. The summed E-state index contributed by atoms with van der Waals surface area (Å²) >= 11 is 0. The quantitative estimate of drug-likeness (QED) is 0.0991. The van der Waals surface area contributed by atoms with Crippen molar-refractivity contribution in [2.24, 2.45) is 34.3 Å². The van der Waals surface area contributed by atoms with Gasteiger partial charge in [0.2, 0.25) is 17.7 Å². The lowest BCUT2D eigenvalue weighted by Crippen LogP contribution is -2.78. The van der Waals surface area contributed by atoms with Gasteiger partial charge in [-0.3, -0.25) is 14.4 Å². The number of nitrogens with two attached hydrogens (primary N) is 1. The molecule has 14 heteroatoms. The fourth-order valence-corrected chi connectivity index (χ4v) is 9.65. The summed E-state index contributed by atoms with van der Waals surface area (Å²) in [5, 5.41) is 27.4. The van der Waals surface area contributed by atoms with Gasteiger partial charge >= 0.3 is 18.0 Å². The average Bonchev–Trinajstić information content (AvgIpc) is 3.12. The van der Waals surface area contributed by atoms with Crippen LogP contribution in [0.25, 0.3) is 0 Å². The molecule has 1 aromatic rings.